The summed E-state index contributed by atoms with van der Waals surface area (Å²) in [6, 6.07) is 9.14. The van der Waals surface area contributed by atoms with E-state index in [9.17, 15) is 4.79 Å². The molecule has 1 aromatic carbocycles. The van der Waals surface area contributed by atoms with Crippen LogP contribution in [0.5, 0.6) is 0 Å². The first kappa shape index (κ1) is 17.6. The van der Waals surface area contributed by atoms with Crippen LogP contribution in [0.15, 0.2) is 48.9 Å². The summed E-state index contributed by atoms with van der Waals surface area (Å²) in [5.74, 6) is -0.0830. The highest BCUT2D eigenvalue weighted by molar-refractivity contribution is 6.32. The number of morpholine rings is 1. The highest BCUT2D eigenvalue weighted by Crippen LogP contribution is 2.31. The molecule has 3 heterocycles. The second kappa shape index (κ2) is 7.83. The minimum atomic E-state index is -0.335. The Hall–Kier alpha value is -2.81. The van der Waals surface area contributed by atoms with Gasteiger partial charge in [-0.3, -0.25) is 14.8 Å². The summed E-state index contributed by atoms with van der Waals surface area (Å²) in [5, 5.41) is 9.96. The fraction of sp³-hybridized carbons (Fsp3) is 0.222. The van der Waals surface area contributed by atoms with Crippen molar-refractivity contribution in [2.45, 2.75) is 6.10 Å². The van der Waals surface area contributed by atoms with Gasteiger partial charge in [0.2, 0.25) is 0 Å². The maximum absolute atomic E-state index is 13.0. The topological polar surface area (TPSA) is 96.0 Å². The van der Waals surface area contributed by atoms with Crippen molar-refractivity contribution in [3.05, 3.63) is 65.3 Å². The summed E-state index contributed by atoms with van der Waals surface area (Å²) in [5.41, 5.74) is 1.97. The van der Waals surface area contributed by atoms with Gasteiger partial charge in [-0.1, -0.05) is 23.7 Å². The van der Waals surface area contributed by atoms with Crippen LogP contribution in [0.4, 0.5) is 11.5 Å². The molecule has 9 heteroatoms. The Bertz CT molecular complexity index is 910. The molecule has 1 fully saturated rings. The van der Waals surface area contributed by atoms with Crippen LogP contribution < -0.4 is 10.2 Å². The number of anilines is 2. The Labute approximate surface area is 160 Å². The SMILES string of the molecule is O=C(c1ccn[nH]1)N(c1ccc([C@H]2CNCCO2)cc1)c1nccnc1Cl. The first-order chi connectivity index (χ1) is 13.2. The van der Waals surface area contributed by atoms with Gasteiger partial charge < -0.3 is 10.1 Å². The number of hydrogen-bond donors (Lipinski definition) is 2. The van der Waals surface area contributed by atoms with Gasteiger partial charge in [0.05, 0.1) is 18.4 Å². The summed E-state index contributed by atoms with van der Waals surface area (Å²) in [4.78, 5) is 22.7. The molecule has 2 N–H and O–H groups in total. The maximum atomic E-state index is 13.0. The largest absolute Gasteiger partial charge is 0.371 e. The summed E-state index contributed by atoms with van der Waals surface area (Å²) < 4.78 is 5.77. The van der Waals surface area contributed by atoms with E-state index in [1.54, 1.807) is 6.07 Å². The van der Waals surface area contributed by atoms with Crippen LogP contribution in [-0.2, 0) is 4.74 Å². The smallest absolute Gasteiger partial charge is 0.282 e. The summed E-state index contributed by atoms with van der Waals surface area (Å²) >= 11 is 6.21. The Morgan fingerprint density at radius 2 is 1.96 bits per heavy atom. The molecular weight excluding hydrogens is 368 g/mol. The average molecular weight is 385 g/mol. The van der Waals surface area contributed by atoms with Gasteiger partial charge in [-0.2, -0.15) is 5.10 Å². The maximum Gasteiger partial charge on any atom is 0.282 e. The van der Waals surface area contributed by atoms with E-state index >= 15 is 0 Å². The van der Waals surface area contributed by atoms with Gasteiger partial charge in [0.15, 0.2) is 11.0 Å². The van der Waals surface area contributed by atoms with E-state index in [4.69, 9.17) is 16.3 Å². The number of hydrogen-bond acceptors (Lipinski definition) is 6. The lowest BCUT2D eigenvalue weighted by molar-refractivity contribution is 0.0277. The van der Waals surface area contributed by atoms with Gasteiger partial charge in [-0.25, -0.2) is 9.97 Å². The number of ether oxygens (including phenoxy) is 1. The van der Waals surface area contributed by atoms with Crippen LogP contribution in [0.1, 0.15) is 22.2 Å². The van der Waals surface area contributed by atoms with Crippen LogP contribution >= 0.6 is 11.6 Å². The molecule has 3 aromatic rings. The highest BCUT2D eigenvalue weighted by atomic mass is 35.5. The third-order valence-corrected chi connectivity index (χ3v) is 4.50. The number of aromatic nitrogens is 4. The second-order valence-corrected chi connectivity index (χ2v) is 6.29. The fourth-order valence-electron chi connectivity index (χ4n) is 2.91. The Morgan fingerprint density at radius 3 is 2.63 bits per heavy atom. The quantitative estimate of drug-likeness (QED) is 0.717. The lowest BCUT2D eigenvalue weighted by atomic mass is 10.1. The van der Waals surface area contributed by atoms with Crippen LogP contribution in [0.25, 0.3) is 0 Å². The van der Waals surface area contributed by atoms with E-state index in [1.807, 2.05) is 24.3 Å². The number of halogens is 1. The van der Waals surface area contributed by atoms with Gasteiger partial charge >= 0.3 is 0 Å². The van der Waals surface area contributed by atoms with Crippen molar-refractivity contribution in [3.63, 3.8) is 0 Å². The molecule has 0 saturated carbocycles. The standard InChI is InChI=1S/C18H17ClN6O2/c19-16-17(22-8-7-21-16)25(18(26)14-5-6-23-24-14)13-3-1-12(2-4-13)15-11-20-9-10-27-15/h1-8,15,20H,9-11H2,(H,23,24)/t15-/m1/s1. The van der Waals surface area contributed by atoms with Gasteiger partial charge in [0, 0.05) is 31.7 Å². The molecule has 1 amide bonds. The molecule has 8 nitrogen and oxygen atoms in total. The number of rotatable bonds is 4. The van der Waals surface area contributed by atoms with Crippen LogP contribution in [0.2, 0.25) is 5.15 Å². The molecule has 138 valence electrons. The summed E-state index contributed by atoms with van der Waals surface area (Å²) in [6.07, 6.45) is 4.47. The molecule has 1 aliphatic rings. The van der Waals surface area contributed by atoms with E-state index in [-0.39, 0.29) is 23.0 Å². The first-order valence-corrected chi connectivity index (χ1v) is 8.84. The van der Waals surface area contributed by atoms with E-state index < -0.39 is 0 Å². The van der Waals surface area contributed by atoms with Crippen LogP contribution in [0, 0.1) is 0 Å². The zero-order valence-electron chi connectivity index (χ0n) is 14.3. The first-order valence-electron chi connectivity index (χ1n) is 8.46. The molecule has 2 aromatic heterocycles. The second-order valence-electron chi connectivity index (χ2n) is 5.94. The van der Waals surface area contributed by atoms with Gasteiger partial charge in [-0.15, -0.1) is 0 Å². The number of nitrogens with one attached hydrogen (secondary N) is 2. The Kier molecular flexibility index (Phi) is 5.10. The predicted octanol–water partition coefficient (Wildman–Crippen LogP) is 2.49. The minimum absolute atomic E-state index is 0.00957. The number of amides is 1. The normalized spacial score (nSPS) is 16.9. The van der Waals surface area contributed by atoms with Gasteiger partial charge in [0.1, 0.15) is 5.69 Å². The summed E-state index contributed by atoms with van der Waals surface area (Å²) in [6.45, 7) is 2.28. The van der Waals surface area contributed by atoms with Crippen molar-refractivity contribution >= 4 is 29.0 Å². The zero-order chi connectivity index (χ0) is 18.6. The van der Waals surface area contributed by atoms with Crippen LogP contribution in [0.3, 0.4) is 0 Å². The number of aromatic amines is 1. The third kappa shape index (κ3) is 3.68. The molecule has 0 bridgehead atoms. The van der Waals surface area contributed by atoms with Crippen molar-refractivity contribution in [2.24, 2.45) is 0 Å². The van der Waals surface area contributed by atoms with Gasteiger partial charge in [0.25, 0.3) is 5.91 Å². The number of nitrogens with zero attached hydrogens (tertiary/aromatic N) is 4. The number of carbonyl (C=O) groups is 1. The molecule has 0 radical (unpaired) electrons. The van der Waals surface area contributed by atoms with E-state index in [2.05, 4.69) is 25.5 Å². The molecule has 1 aliphatic heterocycles. The zero-order valence-corrected chi connectivity index (χ0v) is 15.1. The Morgan fingerprint density at radius 1 is 1.15 bits per heavy atom. The minimum Gasteiger partial charge on any atom is -0.371 e. The molecule has 0 aliphatic carbocycles. The number of carbonyl (C=O) groups excluding carboxylic acids is 1. The molecule has 4 rings (SSSR count). The van der Waals surface area contributed by atoms with E-state index in [0.717, 1.165) is 18.7 Å². The van der Waals surface area contributed by atoms with Crippen molar-refractivity contribution in [2.75, 3.05) is 24.6 Å². The number of H-pyrrole nitrogens is 1. The predicted molar refractivity (Wildman–Crippen MR) is 100 cm³/mol. The monoisotopic (exact) mass is 384 g/mol. The van der Waals surface area contributed by atoms with Gasteiger partial charge in [-0.05, 0) is 23.8 Å². The fourth-order valence-corrected chi connectivity index (χ4v) is 3.10. The van der Waals surface area contributed by atoms with E-state index in [1.165, 1.54) is 23.5 Å². The molecular formula is C18H17ClN6O2. The molecule has 1 atom stereocenters. The van der Waals surface area contributed by atoms with Crippen LogP contribution in [-0.4, -0.2) is 45.8 Å². The summed E-state index contributed by atoms with van der Waals surface area (Å²) in [7, 11) is 0. The highest BCUT2D eigenvalue weighted by Gasteiger charge is 2.25. The van der Waals surface area contributed by atoms with Crippen molar-refractivity contribution < 1.29 is 9.53 Å². The molecule has 1 saturated heterocycles. The van der Waals surface area contributed by atoms with E-state index in [0.29, 0.717) is 18.0 Å². The Balaban J connectivity index is 1.70. The average Bonchev–Trinajstić information content (AvgIpc) is 3.26. The molecule has 0 spiro atoms. The molecule has 27 heavy (non-hydrogen) atoms. The van der Waals surface area contributed by atoms with Crippen molar-refractivity contribution in [1.82, 2.24) is 25.5 Å². The number of benzene rings is 1. The van der Waals surface area contributed by atoms with Crippen molar-refractivity contribution in [3.8, 4) is 0 Å². The lowest BCUT2D eigenvalue weighted by Crippen LogP contribution is -2.33. The third-order valence-electron chi connectivity index (χ3n) is 4.23. The van der Waals surface area contributed by atoms with Crippen molar-refractivity contribution in [1.29, 1.82) is 0 Å². The molecule has 0 unspecified atom stereocenters. The lowest BCUT2D eigenvalue weighted by Gasteiger charge is -2.25.